The molecule has 0 aromatic rings. The van der Waals surface area contributed by atoms with Gasteiger partial charge < -0.3 is 0 Å². The van der Waals surface area contributed by atoms with Crippen LogP contribution in [-0.4, -0.2) is 5.88 Å². The Balaban J connectivity index is 3.06. The van der Waals surface area contributed by atoms with Crippen LogP contribution in [0.5, 0.6) is 0 Å². The molecule has 68 valence electrons. The summed E-state index contributed by atoms with van der Waals surface area (Å²) in [5.41, 5.74) is 0. The van der Waals surface area contributed by atoms with Crippen LogP contribution < -0.4 is 0 Å². The molecule has 0 aliphatic heterocycles. The van der Waals surface area contributed by atoms with Crippen LogP contribution in [0.1, 0.15) is 39.0 Å². The van der Waals surface area contributed by atoms with E-state index in [0.29, 0.717) is 0 Å². The van der Waals surface area contributed by atoms with Crippen molar-refractivity contribution < 1.29 is 0 Å². The second-order valence-electron chi connectivity index (χ2n) is 2.67. The molecule has 0 bridgehead atoms. The van der Waals surface area contributed by atoms with Crippen molar-refractivity contribution in [2.24, 2.45) is 0 Å². The lowest BCUT2D eigenvalue weighted by Crippen LogP contribution is -1.77. The second-order valence-corrected chi connectivity index (χ2v) is 3.05. The number of rotatable bonds is 5. The molecule has 0 N–H and O–H groups in total. The SMILES string of the molecule is CC=CC#CCCCCCCCl. The molecule has 0 amide bonds. The van der Waals surface area contributed by atoms with Crippen molar-refractivity contribution in [1.29, 1.82) is 0 Å². The number of halogens is 1. The third kappa shape index (κ3) is 9.59. The summed E-state index contributed by atoms with van der Waals surface area (Å²) < 4.78 is 0. The van der Waals surface area contributed by atoms with Gasteiger partial charge in [0.25, 0.3) is 0 Å². The van der Waals surface area contributed by atoms with Crippen LogP contribution >= 0.6 is 11.6 Å². The highest BCUT2D eigenvalue weighted by atomic mass is 35.5. The van der Waals surface area contributed by atoms with Crippen molar-refractivity contribution >= 4 is 11.6 Å². The number of unbranched alkanes of at least 4 members (excludes halogenated alkanes) is 4. The molecule has 0 unspecified atom stereocenters. The minimum atomic E-state index is 0.796. The maximum Gasteiger partial charge on any atom is 0.0223 e. The Hall–Kier alpha value is -0.410. The van der Waals surface area contributed by atoms with E-state index in [0.717, 1.165) is 18.7 Å². The van der Waals surface area contributed by atoms with Crippen molar-refractivity contribution in [3.63, 3.8) is 0 Å². The molecule has 0 atom stereocenters. The van der Waals surface area contributed by atoms with Gasteiger partial charge in [0, 0.05) is 12.3 Å². The Bertz CT molecular complexity index is 160. The predicted octanol–water partition coefficient (Wildman–Crippen LogP) is 3.76. The number of hydrogen-bond donors (Lipinski definition) is 0. The fourth-order valence-electron chi connectivity index (χ4n) is 0.876. The highest BCUT2D eigenvalue weighted by Gasteiger charge is 1.85. The third-order valence-corrected chi connectivity index (χ3v) is 1.80. The molecule has 0 aliphatic rings. The highest BCUT2D eigenvalue weighted by molar-refractivity contribution is 6.17. The van der Waals surface area contributed by atoms with Crippen molar-refractivity contribution in [1.82, 2.24) is 0 Å². The molecule has 0 aliphatic carbocycles. The summed E-state index contributed by atoms with van der Waals surface area (Å²) in [5.74, 6) is 6.86. The zero-order valence-electron chi connectivity index (χ0n) is 7.78. The van der Waals surface area contributed by atoms with Gasteiger partial charge in [0.1, 0.15) is 0 Å². The predicted molar refractivity (Wildman–Crippen MR) is 56.4 cm³/mol. The second kappa shape index (κ2) is 10.6. The first kappa shape index (κ1) is 11.6. The van der Waals surface area contributed by atoms with E-state index in [9.17, 15) is 0 Å². The third-order valence-electron chi connectivity index (χ3n) is 1.54. The lowest BCUT2D eigenvalue weighted by atomic mass is 10.1. The van der Waals surface area contributed by atoms with Crippen molar-refractivity contribution in [2.45, 2.75) is 39.0 Å². The Morgan fingerprint density at radius 2 is 1.92 bits per heavy atom. The standard InChI is InChI=1S/C11H17Cl/c1-2-3-4-5-6-7-8-9-10-11-12/h2-3H,6-11H2,1H3. The lowest BCUT2D eigenvalue weighted by molar-refractivity contribution is 0.682. The van der Waals surface area contributed by atoms with E-state index in [1.165, 1.54) is 19.3 Å². The first-order chi connectivity index (χ1) is 5.91. The summed E-state index contributed by atoms with van der Waals surface area (Å²) in [6.45, 7) is 1.98. The maximum atomic E-state index is 5.55. The van der Waals surface area contributed by atoms with E-state index in [4.69, 9.17) is 11.6 Å². The van der Waals surface area contributed by atoms with Gasteiger partial charge in [0.2, 0.25) is 0 Å². The molecule has 0 rings (SSSR count). The first-order valence-electron chi connectivity index (χ1n) is 4.57. The van der Waals surface area contributed by atoms with Gasteiger partial charge in [-0.15, -0.1) is 11.6 Å². The molecular weight excluding hydrogens is 168 g/mol. The number of alkyl halides is 1. The van der Waals surface area contributed by atoms with E-state index in [-0.39, 0.29) is 0 Å². The normalized spacial score (nSPS) is 9.83. The van der Waals surface area contributed by atoms with Crippen molar-refractivity contribution in [2.75, 3.05) is 5.88 Å². The summed E-state index contributed by atoms with van der Waals surface area (Å²) >= 11 is 5.55. The van der Waals surface area contributed by atoms with Gasteiger partial charge in [-0.3, -0.25) is 0 Å². The average molecular weight is 185 g/mol. The zero-order valence-corrected chi connectivity index (χ0v) is 8.53. The van der Waals surface area contributed by atoms with Crippen molar-refractivity contribution in [3.8, 4) is 11.8 Å². The van der Waals surface area contributed by atoms with Crippen LogP contribution in [0.15, 0.2) is 12.2 Å². The van der Waals surface area contributed by atoms with E-state index in [2.05, 4.69) is 11.8 Å². The molecule has 1 heteroatoms. The number of allylic oxidation sites excluding steroid dienone is 2. The van der Waals surface area contributed by atoms with Gasteiger partial charge in [-0.25, -0.2) is 0 Å². The largest absolute Gasteiger partial charge is 0.127 e. The Morgan fingerprint density at radius 3 is 2.58 bits per heavy atom. The summed E-state index contributed by atoms with van der Waals surface area (Å²) in [7, 11) is 0. The zero-order chi connectivity index (χ0) is 9.07. The van der Waals surface area contributed by atoms with Gasteiger partial charge >= 0.3 is 0 Å². The van der Waals surface area contributed by atoms with E-state index in [1.807, 2.05) is 19.1 Å². The lowest BCUT2D eigenvalue weighted by Gasteiger charge is -1.93. The molecule has 0 nitrogen and oxygen atoms in total. The highest BCUT2D eigenvalue weighted by Crippen LogP contribution is 2.02. The molecule has 0 radical (unpaired) electrons. The van der Waals surface area contributed by atoms with Gasteiger partial charge in [-0.1, -0.05) is 30.8 Å². The Kier molecular flexibility index (Phi) is 10.2. The molecule has 0 fully saturated rings. The van der Waals surface area contributed by atoms with E-state index in [1.54, 1.807) is 0 Å². The van der Waals surface area contributed by atoms with Crippen LogP contribution in [0, 0.1) is 11.8 Å². The Morgan fingerprint density at radius 1 is 1.17 bits per heavy atom. The maximum absolute atomic E-state index is 5.55. The molecule has 0 saturated carbocycles. The minimum Gasteiger partial charge on any atom is -0.127 e. The summed E-state index contributed by atoms with van der Waals surface area (Å²) in [6.07, 6.45) is 9.73. The first-order valence-corrected chi connectivity index (χ1v) is 5.10. The smallest absolute Gasteiger partial charge is 0.0223 e. The quantitative estimate of drug-likeness (QED) is 0.347. The van der Waals surface area contributed by atoms with Gasteiger partial charge in [0.05, 0.1) is 0 Å². The van der Waals surface area contributed by atoms with Gasteiger partial charge in [0.15, 0.2) is 0 Å². The van der Waals surface area contributed by atoms with Crippen LogP contribution in [0.25, 0.3) is 0 Å². The van der Waals surface area contributed by atoms with Gasteiger partial charge in [-0.05, 0) is 25.8 Å². The molecule has 0 heterocycles. The average Bonchev–Trinajstić information content (AvgIpc) is 2.10. The summed E-state index contributed by atoms with van der Waals surface area (Å²) in [6, 6.07) is 0. The van der Waals surface area contributed by atoms with E-state index >= 15 is 0 Å². The van der Waals surface area contributed by atoms with Crippen LogP contribution in [0.4, 0.5) is 0 Å². The van der Waals surface area contributed by atoms with Gasteiger partial charge in [-0.2, -0.15) is 0 Å². The van der Waals surface area contributed by atoms with Crippen LogP contribution in [-0.2, 0) is 0 Å². The molecule has 0 aromatic heterocycles. The summed E-state index contributed by atoms with van der Waals surface area (Å²) in [5, 5.41) is 0. The Labute approximate surface area is 81.0 Å². The minimum absolute atomic E-state index is 0.796. The molecule has 12 heavy (non-hydrogen) atoms. The number of hydrogen-bond acceptors (Lipinski definition) is 0. The molecular formula is C11H17Cl. The van der Waals surface area contributed by atoms with Crippen molar-refractivity contribution in [3.05, 3.63) is 12.2 Å². The van der Waals surface area contributed by atoms with Crippen LogP contribution in [0.3, 0.4) is 0 Å². The fraction of sp³-hybridized carbons (Fsp3) is 0.636. The van der Waals surface area contributed by atoms with E-state index < -0.39 is 0 Å². The molecule has 0 spiro atoms. The molecule has 0 saturated heterocycles. The molecule has 0 aromatic carbocycles. The van der Waals surface area contributed by atoms with Crippen LogP contribution in [0.2, 0.25) is 0 Å². The topological polar surface area (TPSA) is 0 Å². The summed E-state index contributed by atoms with van der Waals surface area (Å²) in [4.78, 5) is 0. The fourth-order valence-corrected chi connectivity index (χ4v) is 1.06. The monoisotopic (exact) mass is 184 g/mol.